The molecule has 0 fully saturated rings. The number of carbonyl (C=O) groups is 1. The van der Waals surface area contributed by atoms with Crippen molar-refractivity contribution in [3.63, 3.8) is 0 Å². The Bertz CT molecular complexity index is 595. The summed E-state index contributed by atoms with van der Waals surface area (Å²) in [6.07, 6.45) is 0. The van der Waals surface area contributed by atoms with Gasteiger partial charge in [0.25, 0.3) is 0 Å². The van der Waals surface area contributed by atoms with Crippen LogP contribution < -0.4 is 11.1 Å². The van der Waals surface area contributed by atoms with Crippen molar-refractivity contribution in [2.75, 3.05) is 18.2 Å². The highest BCUT2D eigenvalue weighted by Crippen LogP contribution is 2.22. The minimum Gasteiger partial charge on any atom is -0.465 e. The van der Waals surface area contributed by atoms with Crippen molar-refractivity contribution < 1.29 is 9.53 Å². The molecule has 19 heavy (non-hydrogen) atoms. The van der Waals surface area contributed by atoms with Gasteiger partial charge in [-0.15, -0.1) is 11.3 Å². The molecule has 2 rings (SSSR count). The van der Waals surface area contributed by atoms with Crippen LogP contribution in [-0.4, -0.2) is 18.1 Å². The predicted octanol–water partition coefficient (Wildman–Crippen LogP) is 2.43. The van der Waals surface area contributed by atoms with Gasteiger partial charge in [0.15, 0.2) is 0 Å². The number of methoxy groups -OCH3 is 1. The molecule has 6 heteroatoms. The summed E-state index contributed by atoms with van der Waals surface area (Å²) in [4.78, 5) is 16.7. The maximum absolute atomic E-state index is 11.4. The van der Waals surface area contributed by atoms with E-state index in [2.05, 4.69) is 15.0 Å². The Balaban J connectivity index is 2.09. The molecule has 1 aromatic carbocycles. The number of ether oxygens (including phenoxy) is 1. The first kappa shape index (κ1) is 13.4. The summed E-state index contributed by atoms with van der Waals surface area (Å²) in [5, 5.41) is 3.23. The summed E-state index contributed by atoms with van der Waals surface area (Å²) in [5.74, 6) is -0.392. The molecule has 0 amide bonds. The van der Waals surface area contributed by atoms with Crippen LogP contribution >= 0.6 is 11.3 Å². The largest absolute Gasteiger partial charge is 0.465 e. The Hall–Kier alpha value is -2.08. The van der Waals surface area contributed by atoms with Crippen LogP contribution in [-0.2, 0) is 11.3 Å². The van der Waals surface area contributed by atoms with E-state index in [0.29, 0.717) is 17.8 Å². The van der Waals surface area contributed by atoms with Crippen LogP contribution in [0.3, 0.4) is 0 Å². The highest BCUT2D eigenvalue weighted by molar-refractivity contribution is 7.09. The molecule has 0 aliphatic heterocycles. The van der Waals surface area contributed by atoms with E-state index >= 15 is 0 Å². The van der Waals surface area contributed by atoms with Gasteiger partial charge in [-0.25, -0.2) is 9.78 Å². The van der Waals surface area contributed by atoms with E-state index in [1.54, 1.807) is 29.5 Å². The number of hydrogen-bond acceptors (Lipinski definition) is 6. The minimum absolute atomic E-state index is 0.392. The summed E-state index contributed by atoms with van der Waals surface area (Å²) in [6, 6.07) is 5.07. The Morgan fingerprint density at radius 1 is 1.53 bits per heavy atom. The minimum atomic E-state index is -0.392. The molecule has 0 radical (unpaired) electrons. The number of nitrogen functional groups attached to an aromatic ring is 1. The van der Waals surface area contributed by atoms with Crippen molar-refractivity contribution in [2.24, 2.45) is 0 Å². The molecule has 1 heterocycles. The number of anilines is 2. The summed E-state index contributed by atoms with van der Waals surface area (Å²) in [6.45, 7) is 2.63. The van der Waals surface area contributed by atoms with Crippen LogP contribution in [0.1, 0.15) is 20.9 Å². The fourth-order valence-corrected chi connectivity index (χ4v) is 2.36. The monoisotopic (exact) mass is 277 g/mol. The molecule has 0 spiro atoms. The number of thiazole rings is 1. The zero-order valence-electron chi connectivity index (χ0n) is 10.8. The van der Waals surface area contributed by atoms with Crippen LogP contribution in [0.15, 0.2) is 23.7 Å². The van der Waals surface area contributed by atoms with E-state index in [1.807, 2.05) is 12.4 Å². The van der Waals surface area contributed by atoms with E-state index in [0.717, 1.165) is 16.3 Å². The fraction of sp³-hybridized carbons (Fsp3) is 0.231. The first-order valence-corrected chi connectivity index (χ1v) is 6.60. The standard InChI is InChI=1S/C13H15N3O2S/c1-8-12(19-7-16-8)6-15-11-4-3-9(5-10(11)14)13(17)18-2/h3-5,7,15H,6,14H2,1-2H3. The molecular weight excluding hydrogens is 262 g/mol. The van der Waals surface area contributed by atoms with Crippen molar-refractivity contribution in [3.8, 4) is 0 Å². The molecule has 2 aromatic rings. The number of aromatic nitrogens is 1. The summed E-state index contributed by atoms with van der Waals surface area (Å²) < 4.78 is 4.64. The molecule has 0 aliphatic rings. The molecule has 100 valence electrons. The number of esters is 1. The summed E-state index contributed by atoms with van der Waals surface area (Å²) in [7, 11) is 1.34. The molecule has 5 nitrogen and oxygen atoms in total. The van der Waals surface area contributed by atoms with Crippen molar-refractivity contribution in [1.29, 1.82) is 0 Å². The molecule has 0 saturated heterocycles. The second-order valence-corrected chi connectivity index (χ2v) is 4.95. The zero-order valence-corrected chi connectivity index (χ0v) is 11.6. The van der Waals surface area contributed by atoms with Crippen molar-refractivity contribution in [1.82, 2.24) is 4.98 Å². The predicted molar refractivity (Wildman–Crippen MR) is 76.4 cm³/mol. The smallest absolute Gasteiger partial charge is 0.337 e. The molecule has 0 unspecified atom stereocenters. The van der Waals surface area contributed by atoms with Crippen LogP contribution in [0, 0.1) is 6.92 Å². The number of nitrogens with two attached hydrogens (primary N) is 1. The van der Waals surface area contributed by atoms with Gasteiger partial charge < -0.3 is 15.8 Å². The van der Waals surface area contributed by atoms with Crippen molar-refractivity contribution >= 4 is 28.7 Å². The van der Waals surface area contributed by atoms with E-state index in [-0.39, 0.29) is 0 Å². The third-order valence-corrected chi connectivity index (χ3v) is 3.69. The number of carbonyl (C=O) groups excluding carboxylic acids is 1. The van der Waals surface area contributed by atoms with Crippen molar-refractivity contribution in [2.45, 2.75) is 13.5 Å². The number of rotatable bonds is 4. The van der Waals surface area contributed by atoms with Crippen LogP contribution in [0.25, 0.3) is 0 Å². The molecular formula is C13H15N3O2S. The van der Waals surface area contributed by atoms with Crippen LogP contribution in [0.2, 0.25) is 0 Å². The lowest BCUT2D eigenvalue weighted by Gasteiger charge is -2.09. The average Bonchev–Trinajstić information content (AvgIpc) is 2.82. The lowest BCUT2D eigenvalue weighted by Crippen LogP contribution is -2.06. The molecule has 0 saturated carbocycles. The van der Waals surface area contributed by atoms with Gasteiger partial charge in [0, 0.05) is 4.88 Å². The maximum atomic E-state index is 11.4. The summed E-state index contributed by atoms with van der Waals surface area (Å²) >= 11 is 1.60. The van der Waals surface area contributed by atoms with Gasteiger partial charge in [-0.3, -0.25) is 0 Å². The molecule has 0 bridgehead atoms. The number of nitrogens with one attached hydrogen (secondary N) is 1. The average molecular weight is 277 g/mol. The van der Waals surface area contributed by atoms with Crippen LogP contribution in [0.5, 0.6) is 0 Å². The number of benzene rings is 1. The third-order valence-electron chi connectivity index (χ3n) is 2.76. The second-order valence-electron chi connectivity index (χ2n) is 4.01. The zero-order chi connectivity index (χ0) is 13.8. The lowest BCUT2D eigenvalue weighted by atomic mass is 10.1. The van der Waals surface area contributed by atoms with Gasteiger partial charge >= 0.3 is 5.97 Å². The molecule has 0 aliphatic carbocycles. The maximum Gasteiger partial charge on any atom is 0.337 e. The number of aryl methyl sites for hydroxylation is 1. The summed E-state index contributed by atoms with van der Waals surface area (Å²) in [5.41, 5.74) is 10.5. The van der Waals surface area contributed by atoms with E-state index in [4.69, 9.17) is 5.73 Å². The van der Waals surface area contributed by atoms with Gasteiger partial charge in [-0.05, 0) is 25.1 Å². The highest BCUT2D eigenvalue weighted by atomic mass is 32.1. The second kappa shape index (κ2) is 5.71. The fourth-order valence-electron chi connectivity index (χ4n) is 1.64. The third kappa shape index (κ3) is 3.03. The molecule has 3 N–H and O–H groups in total. The SMILES string of the molecule is COC(=O)c1ccc(NCc2scnc2C)c(N)c1. The normalized spacial score (nSPS) is 10.2. The van der Waals surface area contributed by atoms with Gasteiger partial charge in [0.2, 0.25) is 0 Å². The van der Waals surface area contributed by atoms with Gasteiger partial charge in [0.1, 0.15) is 0 Å². The van der Waals surface area contributed by atoms with Crippen molar-refractivity contribution in [3.05, 3.63) is 39.8 Å². The topological polar surface area (TPSA) is 77.2 Å². The molecule has 0 atom stereocenters. The first-order valence-electron chi connectivity index (χ1n) is 5.72. The Morgan fingerprint density at radius 3 is 2.89 bits per heavy atom. The Kier molecular flexibility index (Phi) is 4.01. The lowest BCUT2D eigenvalue weighted by molar-refractivity contribution is 0.0601. The quantitative estimate of drug-likeness (QED) is 0.663. The highest BCUT2D eigenvalue weighted by Gasteiger charge is 2.08. The van der Waals surface area contributed by atoms with E-state index in [1.165, 1.54) is 7.11 Å². The van der Waals surface area contributed by atoms with Gasteiger partial charge in [0.05, 0.1) is 41.8 Å². The van der Waals surface area contributed by atoms with Gasteiger partial charge in [-0.1, -0.05) is 0 Å². The van der Waals surface area contributed by atoms with Gasteiger partial charge in [-0.2, -0.15) is 0 Å². The Morgan fingerprint density at radius 2 is 2.32 bits per heavy atom. The number of nitrogens with zero attached hydrogens (tertiary/aromatic N) is 1. The first-order chi connectivity index (χ1) is 9.11. The molecule has 1 aromatic heterocycles. The number of hydrogen-bond donors (Lipinski definition) is 2. The van der Waals surface area contributed by atoms with Crippen LogP contribution in [0.4, 0.5) is 11.4 Å². The Labute approximate surface area is 115 Å². The van der Waals surface area contributed by atoms with E-state index < -0.39 is 5.97 Å². The van der Waals surface area contributed by atoms with E-state index in [9.17, 15) is 4.79 Å².